The molecule has 0 aliphatic carbocycles. The van der Waals surface area contributed by atoms with Crippen molar-refractivity contribution in [2.24, 2.45) is 0 Å². The molecule has 102 valence electrons. The van der Waals surface area contributed by atoms with E-state index in [4.69, 9.17) is 26.2 Å². The predicted molar refractivity (Wildman–Crippen MR) is 68.3 cm³/mol. The lowest BCUT2D eigenvalue weighted by Crippen LogP contribution is -2.04. The zero-order chi connectivity index (χ0) is 13.8. The maximum absolute atomic E-state index is 11.9. The van der Waals surface area contributed by atoms with Gasteiger partial charge in [-0.05, 0) is 12.1 Å². The largest absolute Gasteiger partial charge is 0.489 e. The molecule has 19 heavy (non-hydrogen) atoms. The number of fused-ring (bicyclic) bond motifs is 1. The number of carbonyl (C=O) groups excluding carboxylic acids is 1. The van der Waals surface area contributed by atoms with Crippen LogP contribution >= 0.6 is 11.6 Å². The third-order valence-electron chi connectivity index (χ3n) is 2.69. The van der Waals surface area contributed by atoms with Gasteiger partial charge in [0, 0.05) is 18.4 Å². The van der Waals surface area contributed by atoms with Crippen LogP contribution in [-0.2, 0) is 4.79 Å². The molecule has 0 bridgehead atoms. The first-order chi connectivity index (χ1) is 9.08. The Labute approximate surface area is 115 Å². The Hall–Kier alpha value is -1.75. The Balaban J connectivity index is 2.23. The monoisotopic (exact) mass is 284 g/mol. The molecule has 1 N–H and O–H groups in total. The van der Waals surface area contributed by atoms with Gasteiger partial charge in [-0.2, -0.15) is 0 Å². The number of benzene rings is 1. The van der Waals surface area contributed by atoms with Crippen LogP contribution in [0.25, 0.3) is 0 Å². The van der Waals surface area contributed by atoms with E-state index in [9.17, 15) is 9.59 Å². The van der Waals surface area contributed by atoms with Crippen LogP contribution in [-0.4, -0.2) is 30.1 Å². The number of halogens is 1. The van der Waals surface area contributed by atoms with Gasteiger partial charge in [0.1, 0.15) is 0 Å². The molecule has 5 nitrogen and oxygen atoms in total. The van der Waals surface area contributed by atoms with E-state index in [-0.39, 0.29) is 18.6 Å². The summed E-state index contributed by atoms with van der Waals surface area (Å²) in [6.45, 7) is 1.01. The van der Waals surface area contributed by atoms with Crippen LogP contribution in [0.2, 0.25) is 5.02 Å². The number of hydrogen-bond acceptors (Lipinski definition) is 4. The van der Waals surface area contributed by atoms with E-state index in [1.54, 1.807) is 6.07 Å². The summed E-state index contributed by atoms with van der Waals surface area (Å²) in [7, 11) is 0. The second-order valence-corrected chi connectivity index (χ2v) is 4.56. The van der Waals surface area contributed by atoms with E-state index >= 15 is 0 Å². The molecule has 2 rings (SSSR count). The molecule has 0 saturated carbocycles. The maximum atomic E-state index is 11.9. The molecule has 0 unspecified atom stereocenters. The average molecular weight is 285 g/mol. The Kier molecular flexibility index (Phi) is 4.27. The molecular formula is C13H13ClO5. The highest BCUT2D eigenvalue weighted by atomic mass is 35.5. The van der Waals surface area contributed by atoms with Crippen molar-refractivity contribution in [3.05, 3.63) is 22.7 Å². The van der Waals surface area contributed by atoms with Crippen molar-refractivity contribution in [2.75, 3.05) is 13.2 Å². The quantitative estimate of drug-likeness (QED) is 0.860. The van der Waals surface area contributed by atoms with Crippen molar-refractivity contribution < 1.29 is 24.2 Å². The van der Waals surface area contributed by atoms with Gasteiger partial charge in [0.05, 0.1) is 24.7 Å². The summed E-state index contributed by atoms with van der Waals surface area (Å²) >= 11 is 6.05. The van der Waals surface area contributed by atoms with Crippen molar-refractivity contribution in [3.63, 3.8) is 0 Å². The van der Waals surface area contributed by atoms with Crippen LogP contribution in [0.15, 0.2) is 12.1 Å². The number of Topliss-reactive ketones (excluding diaryl/α,β-unsaturated/α-hetero) is 1. The van der Waals surface area contributed by atoms with Crippen molar-refractivity contribution in [1.29, 1.82) is 0 Å². The molecule has 0 saturated heterocycles. The number of rotatable bonds is 4. The third-order valence-corrected chi connectivity index (χ3v) is 2.97. The van der Waals surface area contributed by atoms with E-state index in [1.165, 1.54) is 6.07 Å². The first-order valence-corrected chi connectivity index (χ1v) is 6.30. The standard InChI is InChI=1S/C13H13ClO5/c14-9-6-8(10(15)2-3-12(16)17)7-11-13(9)19-5-1-4-18-11/h6-7H,1-5H2,(H,16,17). The zero-order valence-electron chi connectivity index (χ0n) is 10.1. The van der Waals surface area contributed by atoms with Crippen molar-refractivity contribution in [2.45, 2.75) is 19.3 Å². The fourth-order valence-electron chi connectivity index (χ4n) is 1.76. The van der Waals surface area contributed by atoms with Crippen LogP contribution in [0.1, 0.15) is 29.6 Å². The molecule has 1 aromatic rings. The average Bonchev–Trinajstić information content (AvgIpc) is 2.61. The van der Waals surface area contributed by atoms with Gasteiger partial charge in [0.25, 0.3) is 0 Å². The lowest BCUT2D eigenvalue weighted by Gasteiger charge is -2.10. The zero-order valence-corrected chi connectivity index (χ0v) is 10.9. The van der Waals surface area contributed by atoms with Gasteiger partial charge in [-0.3, -0.25) is 9.59 Å². The molecule has 1 aliphatic heterocycles. The molecule has 6 heteroatoms. The summed E-state index contributed by atoms with van der Waals surface area (Å²) in [6, 6.07) is 3.04. The molecule has 1 heterocycles. The topological polar surface area (TPSA) is 72.8 Å². The van der Waals surface area contributed by atoms with E-state index in [1.807, 2.05) is 0 Å². The summed E-state index contributed by atoms with van der Waals surface area (Å²) in [6.07, 6.45) is 0.476. The second kappa shape index (κ2) is 5.93. The van der Waals surface area contributed by atoms with Crippen LogP contribution in [0.4, 0.5) is 0 Å². The smallest absolute Gasteiger partial charge is 0.303 e. The Morgan fingerprint density at radius 1 is 1.21 bits per heavy atom. The minimum atomic E-state index is -1.01. The van der Waals surface area contributed by atoms with Crippen LogP contribution in [0.5, 0.6) is 11.5 Å². The number of ether oxygens (including phenoxy) is 2. The Bertz CT molecular complexity index is 512. The van der Waals surface area contributed by atoms with E-state index in [2.05, 4.69) is 0 Å². The SMILES string of the molecule is O=C(O)CCC(=O)c1cc(Cl)c2c(c1)OCCCO2. The van der Waals surface area contributed by atoms with Crippen LogP contribution in [0, 0.1) is 0 Å². The minimum Gasteiger partial charge on any atom is -0.489 e. The van der Waals surface area contributed by atoms with Gasteiger partial charge in [-0.15, -0.1) is 0 Å². The summed E-state index contributed by atoms with van der Waals surface area (Å²) in [5.74, 6) is -0.411. The van der Waals surface area contributed by atoms with Gasteiger partial charge in [-0.1, -0.05) is 11.6 Å². The van der Waals surface area contributed by atoms with Gasteiger partial charge in [-0.25, -0.2) is 0 Å². The van der Waals surface area contributed by atoms with E-state index in [0.29, 0.717) is 35.3 Å². The van der Waals surface area contributed by atoms with Crippen LogP contribution < -0.4 is 9.47 Å². The highest BCUT2D eigenvalue weighted by molar-refractivity contribution is 6.32. The number of carbonyl (C=O) groups is 2. The van der Waals surface area contributed by atoms with Crippen molar-refractivity contribution in [1.82, 2.24) is 0 Å². The number of carboxylic acids is 1. The summed E-state index contributed by atoms with van der Waals surface area (Å²) in [4.78, 5) is 22.3. The van der Waals surface area contributed by atoms with E-state index in [0.717, 1.165) is 6.42 Å². The normalized spacial score (nSPS) is 13.7. The maximum Gasteiger partial charge on any atom is 0.303 e. The number of aliphatic carboxylic acids is 1. The van der Waals surface area contributed by atoms with Crippen molar-refractivity contribution >= 4 is 23.4 Å². The number of hydrogen-bond donors (Lipinski definition) is 1. The molecular weight excluding hydrogens is 272 g/mol. The fourth-order valence-corrected chi connectivity index (χ4v) is 2.02. The molecule has 1 aromatic carbocycles. The molecule has 0 spiro atoms. The third kappa shape index (κ3) is 3.38. The molecule has 1 aliphatic rings. The summed E-state index contributed by atoms with van der Waals surface area (Å²) < 4.78 is 10.9. The number of carboxylic acid groups (broad SMARTS) is 1. The highest BCUT2D eigenvalue weighted by Gasteiger charge is 2.18. The van der Waals surface area contributed by atoms with E-state index < -0.39 is 5.97 Å². The summed E-state index contributed by atoms with van der Waals surface area (Å²) in [5.41, 5.74) is 0.343. The van der Waals surface area contributed by atoms with Gasteiger partial charge in [0.2, 0.25) is 0 Å². The lowest BCUT2D eigenvalue weighted by molar-refractivity contribution is -0.136. The van der Waals surface area contributed by atoms with Gasteiger partial charge in [0.15, 0.2) is 17.3 Å². The number of ketones is 1. The highest BCUT2D eigenvalue weighted by Crippen LogP contribution is 2.38. The first kappa shape index (κ1) is 13.7. The molecule has 0 atom stereocenters. The lowest BCUT2D eigenvalue weighted by atomic mass is 10.1. The van der Waals surface area contributed by atoms with Gasteiger partial charge < -0.3 is 14.6 Å². The first-order valence-electron chi connectivity index (χ1n) is 5.92. The predicted octanol–water partition coefficient (Wildman–Crippen LogP) is 2.55. The van der Waals surface area contributed by atoms with Gasteiger partial charge >= 0.3 is 5.97 Å². The molecule has 0 radical (unpaired) electrons. The molecule has 0 fully saturated rings. The van der Waals surface area contributed by atoms with Crippen LogP contribution in [0.3, 0.4) is 0 Å². The molecule has 0 aromatic heterocycles. The summed E-state index contributed by atoms with van der Waals surface area (Å²) in [5, 5.41) is 8.87. The fraction of sp³-hybridized carbons (Fsp3) is 0.385. The molecule has 0 amide bonds. The van der Waals surface area contributed by atoms with Crippen molar-refractivity contribution in [3.8, 4) is 11.5 Å². The Morgan fingerprint density at radius 2 is 1.95 bits per heavy atom. The second-order valence-electron chi connectivity index (χ2n) is 4.15. The Morgan fingerprint density at radius 3 is 2.68 bits per heavy atom. The minimum absolute atomic E-state index is 0.0642.